The van der Waals surface area contributed by atoms with E-state index < -0.39 is 17.3 Å². The van der Waals surface area contributed by atoms with E-state index in [0.717, 1.165) is 12.1 Å². The first kappa shape index (κ1) is 9.20. The van der Waals surface area contributed by atoms with Crippen molar-refractivity contribution in [2.45, 2.75) is 6.92 Å². The molecule has 0 fully saturated rings. The molecule has 0 aliphatic rings. The summed E-state index contributed by atoms with van der Waals surface area (Å²) in [4.78, 5) is 10.5. The fourth-order valence-corrected chi connectivity index (χ4v) is 0.966. The number of aromatic carboxylic acids is 1. The summed E-state index contributed by atoms with van der Waals surface area (Å²) in [5.41, 5.74) is 0.209. The zero-order chi connectivity index (χ0) is 10.0. The first-order chi connectivity index (χ1) is 6.06. The predicted octanol–water partition coefficient (Wildman–Crippen LogP) is 1.70. The molecule has 1 rings (SSSR count). The van der Waals surface area contributed by atoms with Gasteiger partial charge in [0, 0.05) is 0 Å². The molecule has 0 heterocycles. The van der Waals surface area contributed by atoms with Crippen LogP contribution < -0.4 is 0 Å². The van der Waals surface area contributed by atoms with E-state index in [1.165, 1.54) is 0 Å². The number of carboxylic acids is 1. The molecule has 1 aromatic carbocycles. The molecule has 0 aromatic heterocycles. The molecule has 3 nitrogen and oxygen atoms in total. The van der Waals surface area contributed by atoms with Gasteiger partial charge in [-0.3, -0.25) is 0 Å². The number of nitrogens with zero attached hydrogens (tertiary/aromatic N) is 1. The summed E-state index contributed by atoms with van der Waals surface area (Å²) in [6.45, 7) is 1.56. The van der Waals surface area contributed by atoms with Crippen LogP contribution in [0.25, 0.3) is 0 Å². The summed E-state index contributed by atoms with van der Waals surface area (Å²) >= 11 is 0. The minimum atomic E-state index is -1.33. The van der Waals surface area contributed by atoms with Gasteiger partial charge in [0.2, 0.25) is 0 Å². The van der Waals surface area contributed by atoms with E-state index in [2.05, 4.69) is 0 Å². The van der Waals surface area contributed by atoms with Gasteiger partial charge in [0.15, 0.2) is 0 Å². The van der Waals surface area contributed by atoms with Crippen molar-refractivity contribution in [1.82, 2.24) is 0 Å². The second kappa shape index (κ2) is 3.23. The molecule has 0 radical (unpaired) electrons. The summed E-state index contributed by atoms with van der Waals surface area (Å²) in [5, 5.41) is 17.0. The van der Waals surface area contributed by atoms with Crippen molar-refractivity contribution in [3.63, 3.8) is 0 Å². The van der Waals surface area contributed by atoms with Gasteiger partial charge >= 0.3 is 5.97 Å². The van der Waals surface area contributed by atoms with Gasteiger partial charge in [0.25, 0.3) is 0 Å². The van der Waals surface area contributed by atoms with Crippen LogP contribution in [-0.4, -0.2) is 11.1 Å². The number of carbonyl (C=O) groups is 1. The lowest BCUT2D eigenvalue weighted by molar-refractivity contribution is 0.0692. The smallest absolute Gasteiger partial charge is 0.338 e. The quantitative estimate of drug-likeness (QED) is 0.713. The maximum atomic E-state index is 12.9. The topological polar surface area (TPSA) is 61.1 Å². The summed E-state index contributed by atoms with van der Waals surface area (Å²) in [5.74, 6) is -2.21. The Balaban J connectivity index is 3.39. The van der Waals surface area contributed by atoms with Crippen molar-refractivity contribution in [3.8, 4) is 6.07 Å². The number of benzene rings is 1. The Labute approximate surface area is 74.0 Å². The van der Waals surface area contributed by atoms with Gasteiger partial charge in [0.1, 0.15) is 5.82 Å². The molecular weight excluding hydrogens is 173 g/mol. The molecule has 0 aliphatic heterocycles. The fourth-order valence-electron chi connectivity index (χ4n) is 0.966. The van der Waals surface area contributed by atoms with Crippen LogP contribution in [-0.2, 0) is 0 Å². The van der Waals surface area contributed by atoms with Crippen molar-refractivity contribution in [2.24, 2.45) is 0 Å². The van der Waals surface area contributed by atoms with E-state index in [1.807, 2.05) is 0 Å². The Morgan fingerprint density at radius 1 is 1.62 bits per heavy atom. The SMILES string of the molecule is Cc1cc(C(=O)O)c(F)cc1C#N. The Kier molecular flexibility index (Phi) is 2.29. The molecule has 0 aliphatic carbocycles. The van der Waals surface area contributed by atoms with Crippen LogP contribution in [0, 0.1) is 24.1 Å². The van der Waals surface area contributed by atoms with Crippen molar-refractivity contribution in [1.29, 1.82) is 5.26 Å². The van der Waals surface area contributed by atoms with Crippen LogP contribution in [0.15, 0.2) is 12.1 Å². The first-order valence-electron chi connectivity index (χ1n) is 3.50. The van der Waals surface area contributed by atoms with Gasteiger partial charge in [-0.2, -0.15) is 5.26 Å². The normalized spacial score (nSPS) is 9.31. The largest absolute Gasteiger partial charge is 0.478 e. The van der Waals surface area contributed by atoms with Crippen LogP contribution in [0.2, 0.25) is 0 Å². The zero-order valence-electron chi connectivity index (χ0n) is 6.84. The van der Waals surface area contributed by atoms with Crippen LogP contribution in [0.5, 0.6) is 0 Å². The molecule has 0 spiro atoms. The molecular formula is C9H6FNO2. The van der Waals surface area contributed by atoms with E-state index in [1.54, 1.807) is 13.0 Å². The van der Waals surface area contributed by atoms with Crippen LogP contribution in [0.1, 0.15) is 21.5 Å². The highest BCUT2D eigenvalue weighted by atomic mass is 19.1. The lowest BCUT2D eigenvalue weighted by Gasteiger charge is -2.00. The van der Waals surface area contributed by atoms with Crippen molar-refractivity contribution < 1.29 is 14.3 Å². The third kappa shape index (κ3) is 1.64. The monoisotopic (exact) mass is 179 g/mol. The van der Waals surface area contributed by atoms with Crippen LogP contribution in [0.3, 0.4) is 0 Å². The molecule has 66 valence electrons. The maximum Gasteiger partial charge on any atom is 0.338 e. The lowest BCUT2D eigenvalue weighted by Crippen LogP contribution is -2.02. The summed E-state index contributed by atoms with van der Waals surface area (Å²) in [7, 11) is 0. The number of carboxylic acid groups (broad SMARTS) is 1. The number of hydrogen-bond donors (Lipinski definition) is 1. The minimum absolute atomic E-state index is 0.155. The van der Waals surface area contributed by atoms with Gasteiger partial charge in [-0.05, 0) is 24.6 Å². The first-order valence-corrected chi connectivity index (χ1v) is 3.50. The van der Waals surface area contributed by atoms with Crippen molar-refractivity contribution >= 4 is 5.97 Å². The standard InChI is InChI=1S/C9H6FNO2/c1-5-2-7(9(12)13)8(10)3-6(5)4-11/h2-3H,1H3,(H,12,13). The maximum absolute atomic E-state index is 12.9. The second-order valence-corrected chi connectivity index (χ2v) is 2.56. The van der Waals surface area contributed by atoms with E-state index >= 15 is 0 Å². The number of nitriles is 1. The molecule has 0 atom stereocenters. The number of halogens is 1. The summed E-state index contributed by atoms with van der Waals surface area (Å²) in [6.07, 6.45) is 0. The summed E-state index contributed by atoms with van der Waals surface area (Å²) in [6, 6.07) is 3.85. The molecule has 0 bridgehead atoms. The average molecular weight is 179 g/mol. The van der Waals surface area contributed by atoms with Gasteiger partial charge in [-0.1, -0.05) is 0 Å². The van der Waals surface area contributed by atoms with Crippen molar-refractivity contribution in [2.75, 3.05) is 0 Å². The van der Waals surface area contributed by atoms with Gasteiger partial charge in [-0.15, -0.1) is 0 Å². The Morgan fingerprint density at radius 3 is 2.69 bits per heavy atom. The fraction of sp³-hybridized carbons (Fsp3) is 0.111. The van der Waals surface area contributed by atoms with Gasteiger partial charge < -0.3 is 5.11 Å². The third-order valence-electron chi connectivity index (χ3n) is 1.66. The molecule has 1 N–H and O–H groups in total. The highest BCUT2D eigenvalue weighted by Crippen LogP contribution is 2.14. The minimum Gasteiger partial charge on any atom is -0.478 e. The Morgan fingerprint density at radius 2 is 2.23 bits per heavy atom. The van der Waals surface area contributed by atoms with Gasteiger partial charge in [0.05, 0.1) is 17.2 Å². The molecule has 4 heteroatoms. The average Bonchev–Trinajstić information content (AvgIpc) is 2.07. The van der Waals surface area contributed by atoms with Crippen molar-refractivity contribution in [3.05, 3.63) is 34.6 Å². The van der Waals surface area contributed by atoms with E-state index in [4.69, 9.17) is 10.4 Å². The highest BCUT2D eigenvalue weighted by Gasteiger charge is 2.12. The highest BCUT2D eigenvalue weighted by molar-refractivity contribution is 5.88. The van der Waals surface area contributed by atoms with Crippen LogP contribution >= 0.6 is 0 Å². The zero-order valence-corrected chi connectivity index (χ0v) is 6.84. The molecule has 0 saturated heterocycles. The Bertz CT molecular complexity index is 407. The Hall–Kier alpha value is -1.89. The molecule has 1 aromatic rings. The van der Waals surface area contributed by atoms with Crippen LogP contribution in [0.4, 0.5) is 4.39 Å². The number of rotatable bonds is 1. The van der Waals surface area contributed by atoms with Gasteiger partial charge in [-0.25, -0.2) is 9.18 Å². The second-order valence-electron chi connectivity index (χ2n) is 2.56. The van der Waals surface area contributed by atoms with E-state index in [-0.39, 0.29) is 5.56 Å². The lowest BCUT2D eigenvalue weighted by atomic mass is 10.1. The molecule has 13 heavy (non-hydrogen) atoms. The summed E-state index contributed by atoms with van der Waals surface area (Å²) < 4.78 is 12.9. The van der Waals surface area contributed by atoms with E-state index in [0.29, 0.717) is 5.56 Å². The molecule has 0 unspecified atom stereocenters. The molecule has 0 saturated carbocycles. The number of hydrogen-bond acceptors (Lipinski definition) is 2. The number of aryl methyl sites for hydroxylation is 1. The molecule has 0 amide bonds. The van der Waals surface area contributed by atoms with E-state index in [9.17, 15) is 9.18 Å². The predicted molar refractivity (Wildman–Crippen MR) is 42.8 cm³/mol. The third-order valence-corrected chi connectivity index (χ3v) is 1.66.